The fourth-order valence-electron chi connectivity index (χ4n) is 3.99. The Morgan fingerprint density at radius 1 is 1.19 bits per heavy atom. The van der Waals surface area contributed by atoms with Crippen molar-refractivity contribution in [2.75, 3.05) is 33.8 Å². The molecule has 2 aliphatic rings. The van der Waals surface area contributed by atoms with Gasteiger partial charge in [-0.2, -0.15) is 0 Å². The average molecular weight is 296 g/mol. The summed E-state index contributed by atoms with van der Waals surface area (Å²) in [4.78, 5) is 14.4. The molecule has 1 heterocycles. The number of nitrogens with one attached hydrogen (secondary N) is 1. The van der Waals surface area contributed by atoms with Crippen molar-refractivity contribution in [2.24, 2.45) is 5.41 Å². The summed E-state index contributed by atoms with van der Waals surface area (Å²) in [5.74, 6) is -0.161. The van der Waals surface area contributed by atoms with Crippen molar-refractivity contribution in [1.29, 1.82) is 0 Å². The van der Waals surface area contributed by atoms with E-state index in [4.69, 9.17) is 4.74 Å². The molecule has 1 atom stereocenters. The van der Waals surface area contributed by atoms with Crippen LogP contribution in [0.1, 0.15) is 58.3 Å². The standard InChI is InChI=1S/C17H32N2O2/c1-16(18-2,15(20)21-3)9-12-19-13-10-17(11-14-19)7-5-4-6-8-17/h18H,4-14H2,1-3H3. The van der Waals surface area contributed by atoms with Gasteiger partial charge in [-0.25, -0.2) is 0 Å². The highest BCUT2D eigenvalue weighted by Crippen LogP contribution is 2.44. The van der Waals surface area contributed by atoms with Crippen molar-refractivity contribution in [3.63, 3.8) is 0 Å². The molecule has 0 aromatic heterocycles. The lowest BCUT2D eigenvalue weighted by Gasteiger charge is -2.44. The molecule has 0 radical (unpaired) electrons. The number of methoxy groups -OCH3 is 1. The van der Waals surface area contributed by atoms with E-state index in [-0.39, 0.29) is 5.97 Å². The smallest absolute Gasteiger partial charge is 0.325 e. The van der Waals surface area contributed by atoms with Crippen LogP contribution < -0.4 is 5.32 Å². The summed E-state index contributed by atoms with van der Waals surface area (Å²) < 4.78 is 4.92. The third kappa shape index (κ3) is 3.98. The number of hydrogen-bond donors (Lipinski definition) is 1. The van der Waals surface area contributed by atoms with Crippen LogP contribution in [0.2, 0.25) is 0 Å². The number of hydrogen-bond acceptors (Lipinski definition) is 4. The predicted octanol–water partition coefficient (Wildman–Crippen LogP) is 2.57. The largest absolute Gasteiger partial charge is 0.468 e. The van der Waals surface area contributed by atoms with Gasteiger partial charge in [0.15, 0.2) is 0 Å². The summed E-state index contributed by atoms with van der Waals surface area (Å²) in [6.45, 7) is 5.30. The lowest BCUT2D eigenvalue weighted by atomic mass is 9.68. The van der Waals surface area contributed by atoms with E-state index in [0.29, 0.717) is 5.41 Å². The molecule has 2 rings (SSSR count). The van der Waals surface area contributed by atoms with Crippen LogP contribution in [-0.2, 0) is 9.53 Å². The summed E-state index contributed by atoms with van der Waals surface area (Å²) >= 11 is 0. The van der Waals surface area contributed by atoms with Crippen LogP contribution in [0.5, 0.6) is 0 Å². The summed E-state index contributed by atoms with van der Waals surface area (Å²) in [5, 5.41) is 3.12. The fraction of sp³-hybridized carbons (Fsp3) is 0.941. The fourth-order valence-corrected chi connectivity index (χ4v) is 3.99. The Labute approximate surface area is 129 Å². The first-order chi connectivity index (χ1) is 10.0. The highest BCUT2D eigenvalue weighted by atomic mass is 16.5. The molecule has 1 spiro atoms. The summed E-state index contributed by atoms with van der Waals surface area (Å²) in [7, 11) is 3.30. The van der Waals surface area contributed by atoms with Gasteiger partial charge < -0.3 is 15.0 Å². The minimum atomic E-state index is -0.561. The van der Waals surface area contributed by atoms with Gasteiger partial charge in [-0.15, -0.1) is 0 Å². The van der Waals surface area contributed by atoms with E-state index in [1.54, 1.807) is 0 Å². The van der Waals surface area contributed by atoms with Gasteiger partial charge in [-0.05, 0) is 64.6 Å². The maximum atomic E-state index is 11.9. The molecule has 1 saturated carbocycles. The zero-order chi connectivity index (χ0) is 15.3. The topological polar surface area (TPSA) is 41.6 Å². The molecular weight excluding hydrogens is 264 g/mol. The van der Waals surface area contributed by atoms with Crippen LogP contribution in [0, 0.1) is 5.41 Å². The molecule has 4 nitrogen and oxygen atoms in total. The third-order valence-corrected chi connectivity index (χ3v) is 5.95. The number of esters is 1. The van der Waals surface area contributed by atoms with Crippen molar-refractivity contribution in [3.8, 4) is 0 Å². The van der Waals surface area contributed by atoms with E-state index in [0.717, 1.165) is 13.0 Å². The molecule has 1 aliphatic carbocycles. The Hall–Kier alpha value is -0.610. The van der Waals surface area contributed by atoms with Crippen LogP contribution in [-0.4, -0.2) is 50.2 Å². The SMILES string of the molecule is CNC(C)(CCN1CCC2(CCCCC2)CC1)C(=O)OC. The van der Waals surface area contributed by atoms with Gasteiger partial charge in [0.05, 0.1) is 7.11 Å². The number of piperidine rings is 1. The van der Waals surface area contributed by atoms with E-state index in [1.807, 2.05) is 14.0 Å². The molecule has 2 fully saturated rings. The molecule has 4 heteroatoms. The van der Waals surface area contributed by atoms with E-state index >= 15 is 0 Å². The Balaban J connectivity index is 1.79. The lowest BCUT2D eigenvalue weighted by Crippen LogP contribution is -2.51. The molecule has 1 saturated heterocycles. The average Bonchev–Trinajstić information content (AvgIpc) is 2.54. The first-order valence-electron chi connectivity index (χ1n) is 8.53. The number of rotatable bonds is 5. The van der Waals surface area contributed by atoms with E-state index < -0.39 is 5.54 Å². The zero-order valence-electron chi connectivity index (χ0n) is 14.0. The van der Waals surface area contributed by atoms with Gasteiger partial charge >= 0.3 is 5.97 Å². The molecule has 0 bridgehead atoms. The second-order valence-electron chi connectivity index (χ2n) is 7.23. The predicted molar refractivity (Wildman–Crippen MR) is 85.3 cm³/mol. The van der Waals surface area contributed by atoms with Crippen molar-refractivity contribution < 1.29 is 9.53 Å². The van der Waals surface area contributed by atoms with Crippen molar-refractivity contribution in [1.82, 2.24) is 10.2 Å². The summed E-state index contributed by atoms with van der Waals surface area (Å²) in [6, 6.07) is 0. The number of nitrogens with zero attached hydrogens (tertiary/aromatic N) is 1. The Morgan fingerprint density at radius 3 is 2.33 bits per heavy atom. The number of ether oxygens (including phenoxy) is 1. The maximum Gasteiger partial charge on any atom is 0.325 e. The Bertz CT molecular complexity index is 343. The zero-order valence-corrected chi connectivity index (χ0v) is 14.0. The highest BCUT2D eigenvalue weighted by Gasteiger charge is 2.37. The first-order valence-corrected chi connectivity index (χ1v) is 8.53. The number of carbonyl (C=O) groups is 1. The first kappa shape index (κ1) is 16.8. The lowest BCUT2D eigenvalue weighted by molar-refractivity contribution is -0.148. The van der Waals surface area contributed by atoms with Gasteiger partial charge in [-0.1, -0.05) is 19.3 Å². The van der Waals surface area contributed by atoms with E-state index in [1.165, 1.54) is 65.1 Å². The minimum absolute atomic E-state index is 0.161. The Morgan fingerprint density at radius 2 is 1.81 bits per heavy atom. The number of likely N-dealkylation sites (N-methyl/N-ethyl adjacent to an activating group) is 1. The molecule has 0 aromatic carbocycles. The van der Waals surface area contributed by atoms with Crippen LogP contribution in [0.4, 0.5) is 0 Å². The minimum Gasteiger partial charge on any atom is -0.468 e. The number of carbonyl (C=O) groups excluding carboxylic acids is 1. The third-order valence-electron chi connectivity index (χ3n) is 5.95. The van der Waals surface area contributed by atoms with E-state index in [2.05, 4.69) is 10.2 Å². The second kappa shape index (κ2) is 7.10. The highest BCUT2D eigenvalue weighted by molar-refractivity contribution is 5.80. The molecule has 122 valence electrons. The summed E-state index contributed by atoms with van der Waals surface area (Å²) in [5.41, 5.74) is 0.0954. The monoisotopic (exact) mass is 296 g/mol. The van der Waals surface area contributed by atoms with Crippen LogP contribution in [0.3, 0.4) is 0 Å². The van der Waals surface area contributed by atoms with Gasteiger partial charge in [0.1, 0.15) is 5.54 Å². The summed E-state index contributed by atoms with van der Waals surface area (Å²) in [6.07, 6.45) is 10.7. The van der Waals surface area contributed by atoms with E-state index in [9.17, 15) is 4.79 Å². The van der Waals surface area contributed by atoms with Crippen molar-refractivity contribution >= 4 is 5.97 Å². The van der Waals surface area contributed by atoms with Crippen molar-refractivity contribution in [2.45, 2.75) is 63.8 Å². The van der Waals surface area contributed by atoms with Crippen molar-refractivity contribution in [3.05, 3.63) is 0 Å². The molecule has 0 amide bonds. The Kier molecular flexibility index (Phi) is 5.67. The second-order valence-corrected chi connectivity index (χ2v) is 7.23. The quantitative estimate of drug-likeness (QED) is 0.792. The molecular formula is C17H32N2O2. The molecule has 21 heavy (non-hydrogen) atoms. The van der Waals surface area contributed by atoms with Gasteiger partial charge in [-0.3, -0.25) is 4.79 Å². The van der Waals surface area contributed by atoms with Gasteiger partial charge in [0.2, 0.25) is 0 Å². The van der Waals surface area contributed by atoms with Crippen LogP contribution in [0.25, 0.3) is 0 Å². The molecule has 1 N–H and O–H groups in total. The molecule has 1 aliphatic heterocycles. The van der Waals surface area contributed by atoms with Crippen LogP contribution in [0.15, 0.2) is 0 Å². The van der Waals surface area contributed by atoms with Gasteiger partial charge in [0.25, 0.3) is 0 Å². The van der Waals surface area contributed by atoms with Crippen LogP contribution >= 0.6 is 0 Å². The molecule has 1 unspecified atom stereocenters. The number of likely N-dealkylation sites (tertiary alicyclic amines) is 1. The van der Waals surface area contributed by atoms with Gasteiger partial charge in [0, 0.05) is 6.54 Å². The maximum absolute atomic E-state index is 11.9. The normalized spacial score (nSPS) is 25.5. The molecule has 0 aromatic rings.